The van der Waals surface area contributed by atoms with Gasteiger partial charge in [0.25, 0.3) is 0 Å². The van der Waals surface area contributed by atoms with Gasteiger partial charge in [-0.25, -0.2) is 5.41 Å². The van der Waals surface area contributed by atoms with Crippen molar-refractivity contribution < 1.29 is 18.9 Å². The number of hydrogen-bond donors (Lipinski definition) is 2. The highest BCUT2D eigenvalue weighted by atomic mass is 127. The predicted molar refractivity (Wildman–Crippen MR) is 111 cm³/mol. The molecule has 0 aliphatic carbocycles. The minimum absolute atomic E-state index is 0. The zero-order chi connectivity index (χ0) is 17.7. The average molecular weight is 477 g/mol. The third kappa shape index (κ3) is 4.85. The van der Waals surface area contributed by atoms with Crippen LogP contribution in [-0.4, -0.2) is 32.8 Å². The van der Waals surface area contributed by atoms with Gasteiger partial charge >= 0.3 is 5.17 Å². The number of halogens is 1. The summed E-state index contributed by atoms with van der Waals surface area (Å²) in [6.07, 6.45) is 1.89. The summed E-state index contributed by atoms with van der Waals surface area (Å²) >= 11 is 0. The van der Waals surface area contributed by atoms with Crippen molar-refractivity contribution in [2.24, 2.45) is 5.73 Å². The maximum Gasteiger partial charge on any atom is 0.314 e. The van der Waals surface area contributed by atoms with Crippen LogP contribution in [0, 0.1) is 5.41 Å². The lowest BCUT2D eigenvalue weighted by Gasteiger charge is -2.15. The molecule has 0 bridgehead atoms. The van der Waals surface area contributed by atoms with Crippen molar-refractivity contribution in [3.63, 3.8) is 0 Å². The molecule has 2 aromatic rings. The van der Waals surface area contributed by atoms with Crippen LogP contribution in [0.2, 0.25) is 0 Å². The molecule has 8 heteroatoms. The first-order chi connectivity index (χ1) is 11.5. The highest BCUT2D eigenvalue weighted by Crippen LogP contribution is 2.42. The van der Waals surface area contributed by atoms with Crippen molar-refractivity contribution in [1.29, 1.82) is 5.41 Å². The van der Waals surface area contributed by atoms with Crippen LogP contribution in [-0.2, 0) is 10.9 Å². The van der Waals surface area contributed by atoms with Crippen LogP contribution in [0.3, 0.4) is 0 Å². The van der Waals surface area contributed by atoms with E-state index in [1.165, 1.54) is 0 Å². The third-order valence-corrected chi connectivity index (χ3v) is 5.03. The molecule has 0 aliphatic rings. The number of nitrogens with one attached hydrogen (secondary N) is 1. The molecule has 25 heavy (non-hydrogen) atoms. The molecule has 136 valence electrons. The van der Waals surface area contributed by atoms with E-state index in [0.29, 0.717) is 28.7 Å². The van der Waals surface area contributed by atoms with Gasteiger partial charge < -0.3 is 24.7 Å². The Bertz CT molecular complexity index is 717. The molecule has 3 N–H and O–H groups in total. The van der Waals surface area contributed by atoms with Crippen molar-refractivity contribution in [2.75, 3.05) is 27.6 Å². The van der Waals surface area contributed by atoms with Crippen molar-refractivity contribution in [3.8, 4) is 28.7 Å². The molecule has 2 aromatic carbocycles. The van der Waals surface area contributed by atoms with Gasteiger partial charge in [0.1, 0.15) is 12.0 Å². The lowest BCUT2D eigenvalue weighted by Crippen LogP contribution is -2.22. The van der Waals surface area contributed by atoms with Crippen LogP contribution >= 0.6 is 24.0 Å². The van der Waals surface area contributed by atoms with E-state index in [0.717, 1.165) is 4.90 Å². The summed E-state index contributed by atoms with van der Waals surface area (Å²) in [6, 6.07) is 10.9. The standard InChI is InChI=1S/C17H21N2O4S.HI/c1-20-13-9-11(10-14(21-2)16(13)22-3)23-12-7-5-6-8-15(12)24(4)17(18)19;/h5-10H,1-4H3,(H3,18,19);1H/q+1;. The summed E-state index contributed by atoms with van der Waals surface area (Å²) < 4.78 is 22.0. The second kappa shape index (κ2) is 9.62. The molecular formula is C17H22IN2O4S+. The van der Waals surface area contributed by atoms with E-state index in [9.17, 15) is 0 Å². The van der Waals surface area contributed by atoms with E-state index in [-0.39, 0.29) is 29.1 Å². The van der Waals surface area contributed by atoms with Crippen LogP contribution in [0.15, 0.2) is 41.3 Å². The van der Waals surface area contributed by atoms with Crippen molar-refractivity contribution in [2.45, 2.75) is 4.90 Å². The second-order valence-electron chi connectivity index (χ2n) is 4.78. The van der Waals surface area contributed by atoms with Gasteiger partial charge in [-0.3, -0.25) is 0 Å². The molecule has 0 radical (unpaired) electrons. The Morgan fingerprint density at radius 2 is 1.52 bits per heavy atom. The minimum Gasteiger partial charge on any atom is -0.493 e. The Kier molecular flexibility index (Phi) is 8.17. The Hall–Kier alpha value is -1.81. The lowest BCUT2D eigenvalue weighted by atomic mass is 10.2. The van der Waals surface area contributed by atoms with Gasteiger partial charge in [-0.2, -0.15) is 0 Å². The number of ether oxygens (including phenoxy) is 4. The van der Waals surface area contributed by atoms with Crippen molar-refractivity contribution >= 4 is 40.0 Å². The number of rotatable bonds is 6. The van der Waals surface area contributed by atoms with Gasteiger partial charge in [-0.1, -0.05) is 12.1 Å². The molecule has 0 saturated carbocycles. The van der Waals surface area contributed by atoms with Gasteiger partial charge in [0.05, 0.1) is 32.2 Å². The molecule has 1 unspecified atom stereocenters. The highest BCUT2D eigenvalue weighted by molar-refractivity contribution is 14.0. The van der Waals surface area contributed by atoms with Gasteiger partial charge in [-0.15, -0.1) is 24.0 Å². The Balaban J connectivity index is 0.00000312. The quantitative estimate of drug-likeness (QED) is 0.287. The summed E-state index contributed by atoms with van der Waals surface area (Å²) in [5, 5.41) is 7.78. The summed E-state index contributed by atoms with van der Waals surface area (Å²) in [4.78, 5) is 0.860. The highest BCUT2D eigenvalue weighted by Gasteiger charge is 2.25. The number of methoxy groups -OCH3 is 3. The molecule has 1 atom stereocenters. The molecule has 0 fully saturated rings. The topological polar surface area (TPSA) is 86.8 Å². The van der Waals surface area contributed by atoms with Crippen LogP contribution in [0.4, 0.5) is 0 Å². The third-order valence-electron chi connectivity index (χ3n) is 3.37. The van der Waals surface area contributed by atoms with E-state index in [4.69, 9.17) is 30.1 Å². The van der Waals surface area contributed by atoms with E-state index in [2.05, 4.69) is 0 Å². The normalized spacial score (nSPS) is 11.0. The van der Waals surface area contributed by atoms with Gasteiger partial charge in [-0.05, 0) is 12.1 Å². The van der Waals surface area contributed by atoms with Crippen molar-refractivity contribution in [3.05, 3.63) is 36.4 Å². The second-order valence-corrected chi connectivity index (χ2v) is 6.68. The van der Waals surface area contributed by atoms with Crippen LogP contribution in [0.5, 0.6) is 28.7 Å². The molecular weight excluding hydrogens is 455 g/mol. The van der Waals surface area contributed by atoms with E-state index in [1.807, 2.05) is 30.5 Å². The largest absolute Gasteiger partial charge is 0.493 e. The summed E-state index contributed by atoms with van der Waals surface area (Å²) in [7, 11) is 4.11. The lowest BCUT2D eigenvalue weighted by molar-refractivity contribution is 0.321. The van der Waals surface area contributed by atoms with E-state index < -0.39 is 10.9 Å². The fourth-order valence-corrected chi connectivity index (χ4v) is 3.08. The molecule has 0 aliphatic heterocycles. The molecule has 0 saturated heterocycles. The van der Waals surface area contributed by atoms with Crippen molar-refractivity contribution in [1.82, 2.24) is 0 Å². The van der Waals surface area contributed by atoms with Crippen LogP contribution in [0.1, 0.15) is 0 Å². The van der Waals surface area contributed by atoms with E-state index >= 15 is 0 Å². The molecule has 0 heterocycles. The molecule has 0 amide bonds. The summed E-state index contributed by atoms with van der Waals surface area (Å²) in [6.45, 7) is 0. The maximum absolute atomic E-state index is 7.67. The fourth-order valence-electron chi connectivity index (χ4n) is 2.15. The molecule has 0 spiro atoms. The molecule has 6 nitrogen and oxygen atoms in total. The Morgan fingerprint density at radius 3 is 2.00 bits per heavy atom. The molecule has 2 rings (SSSR count). The van der Waals surface area contributed by atoms with Gasteiger partial charge in [0.15, 0.2) is 17.2 Å². The number of para-hydroxylation sites is 1. The average Bonchev–Trinajstić information content (AvgIpc) is 2.60. The van der Waals surface area contributed by atoms with Gasteiger partial charge in [0, 0.05) is 12.1 Å². The monoisotopic (exact) mass is 477 g/mol. The smallest absolute Gasteiger partial charge is 0.314 e. The first kappa shape index (κ1) is 21.2. The minimum atomic E-state index is -0.542. The number of nitrogens with two attached hydrogens (primary N) is 1. The Labute approximate surface area is 167 Å². The zero-order valence-electron chi connectivity index (χ0n) is 14.5. The number of hydrogen-bond acceptors (Lipinski definition) is 5. The zero-order valence-corrected chi connectivity index (χ0v) is 17.6. The predicted octanol–water partition coefficient (Wildman–Crippen LogP) is 3.62. The fraction of sp³-hybridized carbons (Fsp3) is 0.235. The van der Waals surface area contributed by atoms with E-state index in [1.54, 1.807) is 33.5 Å². The number of benzene rings is 2. The first-order valence-corrected chi connectivity index (χ1v) is 8.72. The van der Waals surface area contributed by atoms with Crippen LogP contribution < -0.4 is 24.7 Å². The van der Waals surface area contributed by atoms with Crippen LogP contribution in [0.25, 0.3) is 0 Å². The van der Waals surface area contributed by atoms with Gasteiger partial charge in [0.2, 0.25) is 10.6 Å². The molecule has 0 aromatic heterocycles. The first-order valence-electron chi connectivity index (χ1n) is 7.08. The summed E-state index contributed by atoms with van der Waals surface area (Å²) in [5.74, 6) is 2.68. The number of amidine groups is 1. The SMILES string of the molecule is COc1cc(Oc2ccccc2[S+](C)C(=N)N)cc(OC)c1OC.I. The maximum atomic E-state index is 7.67. The summed E-state index contributed by atoms with van der Waals surface area (Å²) in [5.41, 5.74) is 5.64. The Morgan fingerprint density at radius 1 is 0.960 bits per heavy atom.